The van der Waals surface area contributed by atoms with Gasteiger partial charge in [0.05, 0.1) is 11.2 Å². The van der Waals surface area contributed by atoms with Crippen molar-refractivity contribution in [1.29, 1.82) is 0 Å². The molecule has 0 aromatic rings. The first kappa shape index (κ1) is 13.8. The van der Waals surface area contributed by atoms with E-state index in [4.69, 9.17) is 5.11 Å². The summed E-state index contributed by atoms with van der Waals surface area (Å²) in [5.41, 5.74) is -0.371. The van der Waals surface area contributed by atoms with E-state index in [1.807, 2.05) is 13.8 Å². The predicted octanol–water partition coefficient (Wildman–Crippen LogP) is 1.44. The van der Waals surface area contributed by atoms with Crippen LogP contribution in [-0.4, -0.2) is 41.1 Å². The molecule has 2 fully saturated rings. The summed E-state index contributed by atoms with van der Waals surface area (Å²) in [6, 6.07) is 0. The van der Waals surface area contributed by atoms with Gasteiger partial charge in [0.15, 0.2) is 0 Å². The first-order valence-corrected chi connectivity index (χ1v) is 8.01. The lowest BCUT2D eigenvalue weighted by molar-refractivity contribution is -0.141. The van der Waals surface area contributed by atoms with Crippen LogP contribution in [0.4, 0.5) is 0 Å². The molecule has 2 aliphatic rings. The van der Waals surface area contributed by atoms with Crippen molar-refractivity contribution in [3.63, 3.8) is 0 Å². The molecule has 1 N–H and O–H groups in total. The second kappa shape index (κ2) is 4.49. The molecule has 0 aromatic heterocycles. The summed E-state index contributed by atoms with van der Waals surface area (Å²) >= 11 is 0. The number of hydrogen-bond acceptors (Lipinski definition) is 3. The van der Waals surface area contributed by atoms with E-state index in [1.165, 1.54) is 4.31 Å². The van der Waals surface area contributed by atoms with Gasteiger partial charge in [0.25, 0.3) is 0 Å². The van der Waals surface area contributed by atoms with Crippen LogP contribution in [0, 0.1) is 5.92 Å². The summed E-state index contributed by atoms with van der Waals surface area (Å²) in [6.07, 6.45) is 3.35. The third-order valence-corrected chi connectivity index (χ3v) is 6.91. The Hall–Kier alpha value is -0.620. The zero-order valence-electron chi connectivity index (χ0n) is 10.9. The molecule has 2 rings (SSSR count). The molecule has 6 heteroatoms. The Balaban J connectivity index is 2.29. The number of aliphatic carboxylic acids is 1. The SMILES string of the molecule is CC1(C)CCCN1S(=O)(=O)C1CCCC1C(=O)O. The molecular formula is C12H21NO4S. The molecule has 0 spiro atoms. The second-order valence-corrected chi connectivity index (χ2v) is 8.02. The van der Waals surface area contributed by atoms with Crippen molar-refractivity contribution in [1.82, 2.24) is 4.31 Å². The third kappa shape index (κ3) is 2.16. The normalized spacial score (nSPS) is 32.8. The van der Waals surface area contributed by atoms with E-state index < -0.39 is 27.2 Å². The minimum Gasteiger partial charge on any atom is -0.481 e. The van der Waals surface area contributed by atoms with Crippen LogP contribution in [-0.2, 0) is 14.8 Å². The average Bonchev–Trinajstić information content (AvgIpc) is 2.83. The zero-order chi connectivity index (χ0) is 13.6. The van der Waals surface area contributed by atoms with Crippen LogP contribution < -0.4 is 0 Å². The average molecular weight is 275 g/mol. The first-order chi connectivity index (χ1) is 8.27. The molecular weight excluding hydrogens is 254 g/mol. The highest BCUT2D eigenvalue weighted by Gasteiger charge is 2.49. The molecule has 1 heterocycles. The molecule has 1 saturated carbocycles. The summed E-state index contributed by atoms with van der Waals surface area (Å²) < 4.78 is 26.8. The Morgan fingerprint density at radius 2 is 1.94 bits per heavy atom. The maximum Gasteiger partial charge on any atom is 0.307 e. The fourth-order valence-electron chi connectivity index (χ4n) is 3.28. The van der Waals surface area contributed by atoms with E-state index in [-0.39, 0.29) is 5.54 Å². The number of carbonyl (C=O) groups is 1. The molecule has 0 aromatic carbocycles. The zero-order valence-corrected chi connectivity index (χ0v) is 11.7. The van der Waals surface area contributed by atoms with Crippen molar-refractivity contribution in [2.45, 2.75) is 56.7 Å². The second-order valence-electron chi connectivity index (χ2n) is 5.95. The number of nitrogens with zero attached hydrogens (tertiary/aromatic N) is 1. The van der Waals surface area contributed by atoms with Crippen LogP contribution in [0.5, 0.6) is 0 Å². The van der Waals surface area contributed by atoms with Gasteiger partial charge in [-0.3, -0.25) is 4.79 Å². The van der Waals surface area contributed by atoms with Crippen LogP contribution in [0.3, 0.4) is 0 Å². The molecule has 2 atom stereocenters. The molecule has 1 aliphatic heterocycles. The maximum absolute atomic E-state index is 12.6. The van der Waals surface area contributed by atoms with Crippen molar-refractivity contribution in [3.05, 3.63) is 0 Å². The van der Waals surface area contributed by atoms with E-state index in [9.17, 15) is 13.2 Å². The Morgan fingerprint density at radius 3 is 2.44 bits per heavy atom. The summed E-state index contributed by atoms with van der Waals surface area (Å²) in [5, 5.41) is 8.41. The van der Waals surface area contributed by atoms with Crippen molar-refractivity contribution < 1.29 is 18.3 Å². The number of carboxylic acid groups (broad SMARTS) is 1. The van der Waals surface area contributed by atoms with Crippen LogP contribution in [0.15, 0.2) is 0 Å². The molecule has 18 heavy (non-hydrogen) atoms. The topological polar surface area (TPSA) is 74.7 Å². The van der Waals surface area contributed by atoms with Gasteiger partial charge in [-0.25, -0.2) is 8.42 Å². The van der Waals surface area contributed by atoms with E-state index in [0.29, 0.717) is 25.8 Å². The number of carboxylic acids is 1. The largest absolute Gasteiger partial charge is 0.481 e. The van der Waals surface area contributed by atoms with Gasteiger partial charge >= 0.3 is 5.97 Å². The highest BCUT2D eigenvalue weighted by Crippen LogP contribution is 2.39. The summed E-state index contributed by atoms with van der Waals surface area (Å²) in [6.45, 7) is 4.36. The number of rotatable bonds is 3. The van der Waals surface area contributed by atoms with Crippen LogP contribution in [0.1, 0.15) is 46.0 Å². The van der Waals surface area contributed by atoms with E-state index in [2.05, 4.69) is 0 Å². The van der Waals surface area contributed by atoms with Gasteiger partial charge in [-0.05, 0) is 39.5 Å². The quantitative estimate of drug-likeness (QED) is 0.845. The van der Waals surface area contributed by atoms with Crippen molar-refractivity contribution in [2.24, 2.45) is 5.92 Å². The van der Waals surface area contributed by atoms with Gasteiger partial charge in [-0.2, -0.15) is 4.31 Å². The van der Waals surface area contributed by atoms with Crippen molar-refractivity contribution in [3.8, 4) is 0 Å². The molecule has 5 nitrogen and oxygen atoms in total. The molecule has 0 amide bonds. The first-order valence-electron chi connectivity index (χ1n) is 6.51. The predicted molar refractivity (Wildman–Crippen MR) is 67.7 cm³/mol. The number of sulfonamides is 1. The van der Waals surface area contributed by atoms with Gasteiger partial charge in [-0.15, -0.1) is 0 Å². The Labute approximate surface area is 108 Å². The smallest absolute Gasteiger partial charge is 0.307 e. The summed E-state index contributed by atoms with van der Waals surface area (Å²) in [5.74, 6) is -1.70. The van der Waals surface area contributed by atoms with Gasteiger partial charge in [-0.1, -0.05) is 6.42 Å². The van der Waals surface area contributed by atoms with Gasteiger partial charge in [0.2, 0.25) is 10.0 Å². The molecule has 1 saturated heterocycles. The minimum absolute atomic E-state index is 0.371. The van der Waals surface area contributed by atoms with Gasteiger partial charge in [0.1, 0.15) is 0 Å². The Morgan fingerprint density at radius 1 is 1.28 bits per heavy atom. The van der Waals surface area contributed by atoms with Gasteiger partial charge in [0, 0.05) is 12.1 Å². The lowest BCUT2D eigenvalue weighted by Gasteiger charge is -2.33. The summed E-state index contributed by atoms with van der Waals surface area (Å²) in [4.78, 5) is 11.2. The maximum atomic E-state index is 12.6. The fraction of sp³-hybridized carbons (Fsp3) is 0.917. The highest BCUT2D eigenvalue weighted by atomic mass is 32.2. The standard InChI is InChI=1S/C12H21NO4S/c1-12(2)7-4-8-13(12)18(16,17)10-6-3-5-9(10)11(14)15/h9-10H,3-8H2,1-2H3,(H,14,15). The molecule has 2 unspecified atom stereocenters. The lowest BCUT2D eigenvalue weighted by atomic mass is 10.0. The van der Waals surface area contributed by atoms with Crippen molar-refractivity contribution in [2.75, 3.05) is 6.54 Å². The molecule has 1 aliphatic carbocycles. The Kier molecular flexibility index (Phi) is 3.44. The van der Waals surface area contributed by atoms with E-state index >= 15 is 0 Å². The fourth-order valence-corrected chi connectivity index (χ4v) is 5.91. The summed E-state index contributed by atoms with van der Waals surface area (Å²) in [7, 11) is -3.49. The molecule has 104 valence electrons. The lowest BCUT2D eigenvalue weighted by Crippen LogP contribution is -2.48. The third-order valence-electron chi connectivity index (χ3n) is 4.28. The van der Waals surface area contributed by atoms with Crippen LogP contribution in [0.2, 0.25) is 0 Å². The number of hydrogen-bond donors (Lipinski definition) is 1. The van der Waals surface area contributed by atoms with Crippen molar-refractivity contribution >= 4 is 16.0 Å². The van der Waals surface area contributed by atoms with E-state index in [1.54, 1.807) is 0 Å². The van der Waals surface area contributed by atoms with E-state index in [0.717, 1.165) is 12.8 Å². The monoisotopic (exact) mass is 275 g/mol. The van der Waals surface area contributed by atoms with Crippen LogP contribution in [0.25, 0.3) is 0 Å². The molecule has 0 bridgehead atoms. The van der Waals surface area contributed by atoms with Crippen LogP contribution >= 0.6 is 0 Å². The minimum atomic E-state index is -3.49. The van der Waals surface area contributed by atoms with Gasteiger partial charge < -0.3 is 5.11 Å². The Bertz CT molecular complexity index is 443. The highest BCUT2D eigenvalue weighted by molar-refractivity contribution is 7.89. The molecule has 0 radical (unpaired) electrons.